The van der Waals surface area contributed by atoms with Crippen molar-refractivity contribution in [1.29, 1.82) is 0 Å². The highest BCUT2D eigenvalue weighted by molar-refractivity contribution is 6.42. The molecule has 0 atom stereocenters. The van der Waals surface area contributed by atoms with Gasteiger partial charge in [0, 0.05) is 11.6 Å². The predicted octanol–water partition coefficient (Wildman–Crippen LogP) is 3.55. The Bertz CT molecular complexity index is 477. The molecule has 0 radical (unpaired) electrons. The standard InChI is InChI=1S/C10H7Cl2NO/c1-14-8-3-2-6(11)9-7(12)4-5-13-10(8)9/h2-5H,1H3. The molecule has 0 N–H and O–H groups in total. The van der Waals surface area contributed by atoms with Crippen LogP contribution in [0.25, 0.3) is 10.9 Å². The van der Waals surface area contributed by atoms with Gasteiger partial charge in [-0.3, -0.25) is 4.98 Å². The summed E-state index contributed by atoms with van der Waals surface area (Å²) < 4.78 is 5.16. The molecule has 0 aliphatic heterocycles. The topological polar surface area (TPSA) is 22.1 Å². The third-order valence-electron chi connectivity index (χ3n) is 1.97. The number of ether oxygens (including phenoxy) is 1. The Morgan fingerprint density at radius 2 is 1.86 bits per heavy atom. The molecular formula is C10H7Cl2NO. The quantitative estimate of drug-likeness (QED) is 0.744. The normalized spacial score (nSPS) is 10.5. The molecule has 0 bridgehead atoms. The number of halogens is 2. The van der Waals surface area contributed by atoms with Crippen LogP contribution < -0.4 is 4.74 Å². The van der Waals surface area contributed by atoms with Gasteiger partial charge in [0.2, 0.25) is 0 Å². The van der Waals surface area contributed by atoms with E-state index in [4.69, 9.17) is 27.9 Å². The van der Waals surface area contributed by atoms with Gasteiger partial charge in [-0.05, 0) is 18.2 Å². The van der Waals surface area contributed by atoms with E-state index in [0.717, 1.165) is 5.39 Å². The SMILES string of the molecule is COc1ccc(Cl)c2c(Cl)ccnc12. The minimum absolute atomic E-state index is 0.582. The molecule has 14 heavy (non-hydrogen) atoms. The molecule has 2 rings (SSSR count). The Kier molecular flexibility index (Phi) is 2.48. The van der Waals surface area contributed by atoms with Gasteiger partial charge in [0.25, 0.3) is 0 Å². The van der Waals surface area contributed by atoms with Crippen molar-refractivity contribution in [2.24, 2.45) is 0 Å². The van der Waals surface area contributed by atoms with Gasteiger partial charge in [-0.25, -0.2) is 0 Å². The minimum atomic E-state index is 0.582. The minimum Gasteiger partial charge on any atom is -0.494 e. The lowest BCUT2D eigenvalue weighted by Gasteiger charge is -2.06. The number of benzene rings is 1. The molecule has 72 valence electrons. The molecule has 1 aromatic heterocycles. The third-order valence-corrected chi connectivity index (χ3v) is 2.60. The van der Waals surface area contributed by atoms with E-state index in [9.17, 15) is 0 Å². The van der Waals surface area contributed by atoms with Crippen molar-refractivity contribution < 1.29 is 4.74 Å². The van der Waals surface area contributed by atoms with Crippen LogP contribution in [0.5, 0.6) is 5.75 Å². The van der Waals surface area contributed by atoms with E-state index in [1.807, 2.05) is 0 Å². The summed E-state index contributed by atoms with van der Waals surface area (Å²) in [5, 5.41) is 1.90. The first-order valence-corrected chi connectivity index (χ1v) is 4.76. The highest BCUT2D eigenvalue weighted by atomic mass is 35.5. The maximum atomic E-state index is 6.01. The summed E-state index contributed by atoms with van der Waals surface area (Å²) in [4.78, 5) is 4.18. The summed E-state index contributed by atoms with van der Waals surface area (Å²) in [6, 6.07) is 5.22. The van der Waals surface area contributed by atoms with Gasteiger partial charge in [0.1, 0.15) is 11.3 Å². The predicted molar refractivity (Wildman–Crippen MR) is 58.3 cm³/mol. The monoisotopic (exact) mass is 227 g/mol. The number of hydrogen-bond acceptors (Lipinski definition) is 2. The van der Waals surface area contributed by atoms with Gasteiger partial charge in [-0.1, -0.05) is 23.2 Å². The van der Waals surface area contributed by atoms with E-state index in [2.05, 4.69) is 4.98 Å². The van der Waals surface area contributed by atoms with Crippen LogP contribution in [0, 0.1) is 0 Å². The van der Waals surface area contributed by atoms with Gasteiger partial charge in [-0.2, -0.15) is 0 Å². The number of aromatic nitrogens is 1. The zero-order valence-corrected chi connectivity index (χ0v) is 8.93. The average molecular weight is 228 g/mol. The first-order valence-electron chi connectivity index (χ1n) is 4.00. The van der Waals surface area contributed by atoms with Crippen LogP contribution in [0.2, 0.25) is 10.0 Å². The molecule has 0 spiro atoms. The van der Waals surface area contributed by atoms with Crippen molar-refractivity contribution in [3.8, 4) is 5.75 Å². The molecule has 2 aromatic rings. The Morgan fingerprint density at radius 1 is 1.14 bits per heavy atom. The lowest BCUT2D eigenvalue weighted by molar-refractivity contribution is 0.419. The number of fused-ring (bicyclic) bond motifs is 1. The molecule has 0 fully saturated rings. The van der Waals surface area contributed by atoms with Gasteiger partial charge < -0.3 is 4.74 Å². The van der Waals surface area contributed by atoms with E-state index < -0.39 is 0 Å². The first-order chi connectivity index (χ1) is 6.74. The molecule has 1 heterocycles. The summed E-state index contributed by atoms with van der Waals surface area (Å²) in [6.07, 6.45) is 1.63. The van der Waals surface area contributed by atoms with Crippen LogP contribution in [0.3, 0.4) is 0 Å². The van der Waals surface area contributed by atoms with Crippen molar-refractivity contribution in [2.45, 2.75) is 0 Å². The van der Waals surface area contributed by atoms with Crippen LogP contribution in [0.1, 0.15) is 0 Å². The largest absolute Gasteiger partial charge is 0.494 e. The maximum absolute atomic E-state index is 6.01. The summed E-state index contributed by atoms with van der Waals surface area (Å²) in [6.45, 7) is 0. The zero-order chi connectivity index (χ0) is 10.1. The maximum Gasteiger partial charge on any atom is 0.145 e. The second-order valence-electron chi connectivity index (χ2n) is 2.77. The highest BCUT2D eigenvalue weighted by Gasteiger charge is 2.08. The number of nitrogens with zero attached hydrogens (tertiary/aromatic N) is 1. The summed E-state index contributed by atoms with van der Waals surface area (Å²) in [7, 11) is 1.59. The van der Waals surface area contributed by atoms with Gasteiger partial charge >= 0.3 is 0 Å². The van der Waals surface area contributed by atoms with E-state index in [1.54, 1.807) is 31.5 Å². The molecule has 2 nitrogen and oxygen atoms in total. The Balaban J connectivity index is 2.91. The van der Waals surface area contributed by atoms with Gasteiger partial charge in [0.05, 0.1) is 17.2 Å². The fourth-order valence-electron chi connectivity index (χ4n) is 1.33. The summed E-state index contributed by atoms with van der Waals surface area (Å²) in [5.41, 5.74) is 0.688. The molecule has 0 aliphatic carbocycles. The molecule has 0 unspecified atom stereocenters. The van der Waals surface area contributed by atoms with Crippen molar-refractivity contribution in [3.05, 3.63) is 34.4 Å². The number of pyridine rings is 1. The fraction of sp³-hybridized carbons (Fsp3) is 0.100. The van der Waals surface area contributed by atoms with Crippen LogP contribution in [0.15, 0.2) is 24.4 Å². The average Bonchev–Trinajstić information content (AvgIpc) is 2.18. The summed E-state index contributed by atoms with van der Waals surface area (Å²) in [5.74, 6) is 0.673. The lowest BCUT2D eigenvalue weighted by atomic mass is 10.2. The van der Waals surface area contributed by atoms with Crippen molar-refractivity contribution in [3.63, 3.8) is 0 Å². The molecular weight excluding hydrogens is 221 g/mol. The van der Waals surface area contributed by atoms with Gasteiger partial charge in [0.15, 0.2) is 0 Å². The molecule has 0 saturated carbocycles. The van der Waals surface area contributed by atoms with E-state index in [-0.39, 0.29) is 0 Å². The van der Waals surface area contributed by atoms with Gasteiger partial charge in [-0.15, -0.1) is 0 Å². The van der Waals surface area contributed by atoms with E-state index in [0.29, 0.717) is 21.3 Å². The first kappa shape index (κ1) is 9.56. The lowest BCUT2D eigenvalue weighted by Crippen LogP contribution is -1.88. The van der Waals surface area contributed by atoms with Crippen LogP contribution in [0.4, 0.5) is 0 Å². The highest BCUT2D eigenvalue weighted by Crippen LogP contribution is 2.34. The van der Waals surface area contributed by atoms with Crippen LogP contribution >= 0.6 is 23.2 Å². The van der Waals surface area contributed by atoms with Crippen LogP contribution in [-0.2, 0) is 0 Å². The number of methoxy groups -OCH3 is 1. The third kappa shape index (κ3) is 1.41. The van der Waals surface area contributed by atoms with E-state index >= 15 is 0 Å². The van der Waals surface area contributed by atoms with Crippen molar-refractivity contribution >= 4 is 34.1 Å². The second-order valence-corrected chi connectivity index (χ2v) is 3.58. The molecule has 0 aliphatic rings. The summed E-state index contributed by atoms with van der Waals surface area (Å²) >= 11 is 12.0. The molecule has 4 heteroatoms. The van der Waals surface area contributed by atoms with Crippen LogP contribution in [-0.4, -0.2) is 12.1 Å². The Morgan fingerprint density at radius 3 is 2.57 bits per heavy atom. The second kappa shape index (κ2) is 3.64. The number of hydrogen-bond donors (Lipinski definition) is 0. The fourth-order valence-corrected chi connectivity index (χ4v) is 1.88. The van der Waals surface area contributed by atoms with Crippen molar-refractivity contribution in [1.82, 2.24) is 4.98 Å². The number of rotatable bonds is 1. The molecule has 1 aromatic carbocycles. The molecule has 0 saturated heterocycles. The Hall–Kier alpha value is -0.990. The Labute approximate surface area is 91.4 Å². The molecule has 0 amide bonds. The smallest absolute Gasteiger partial charge is 0.145 e. The zero-order valence-electron chi connectivity index (χ0n) is 7.42. The van der Waals surface area contributed by atoms with Crippen molar-refractivity contribution in [2.75, 3.05) is 7.11 Å². The van der Waals surface area contributed by atoms with E-state index in [1.165, 1.54) is 0 Å².